The molecule has 0 atom stereocenters. The van der Waals surface area contributed by atoms with Crippen molar-refractivity contribution in [2.24, 2.45) is 0 Å². The van der Waals surface area contributed by atoms with Crippen LogP contribution in [0.25, 0.3) is 22.3 Å². The van der Waals surface area contributed by atoms with E-state index in [9.17, 15) is 0 Å². The van der Waals surface area contributed by atoms with Crippen molar-refractivity contribution in [1.82, 2.24) is 0 Å². The summed E-state index contributed by atoms with van der Waals surface area (Å²) in [6, 6.07) is 22.3. The summed E-state index contributed by atoms with van der Waals surface area (Å²) in [5.41, 5.74) is 11.8. The largest absolute Gasteiger partial charge is 0.0683 e. The smallest absolute Gasteiger partial charge is 0.000718 e. The van der Waals surface area contributed by atoms with Gasteiger partial charge in [-0.25, -0.2) is 0 Å². The van der Waals surface area contributed by atoms with E-state index in [2.05, 4.69) is 74.5 Å². The predicted octanol–water partition coefficient (Wildman–Crippen LogP) is 10.4. The summed E-state index contributed by atoms with van der Waals surface area (Å²) in [6.45, 7) is 20.2. The van der Waals surface area contributed by atoms with Crippen LogP contribution in [-0.2, 0) is 12.8 Å². The molecule has 0 N–H and O–H groups in total. The van der Waals surface area contributed by atoms with Crippen LogP contribution in [-0.4, -0.2) is 0 Å². The average molecular weight is 419 g/mol. The first-order valence-electron chi connectivity index (χ1n) is 12.6. The lowest BCUT2D eigenvalue weighted by Crippen LogP contribution is -1.88. The maximum atomic E-state index is 2.33. The van der Waals surface area contributed by atoms with E-state index >= 15 is 0 Å². The fourth-order valence-corrected chi connectivity index (χ4v) is 3.87. The summed E-state index contributed by atoms with van der Waals surface area (Å²) in [4.78, 5) is 0. The maximum Gasteiger partial charge on any atom is -0.000718 e. The number of fused-ring (bicyclic) bond motifs is 7. The third-order valence-electron chi connectivity index (χ3n) is 4.74. The van der Waals surface area contributed by atoms with Crippen molar-refractivity contribution in [1.29, 1.82) is 0 Å². The Morgan fingerprint density at radius 3 is 1.48 bits per heavy atom. The zero-order chi connectivity index (χ0) is 23.8. The molecule has 3 aromatic carbocycles. The SMILES string of the molecule is CC.CC.CC.CC.CCC.c1ccc2c(c1)Cc1c-2ccc2c1-c1ccccc1C2. The first-order valence-corrected chi connectivity index (χ1v) is 12.6. The van der Waals surface area contributed by atoms with Gasteiger partial charge in [-0.3, -0.25) is 0 Å². The Morgan fingerprint density at radius 1 is 0.484 bits per heavy atom. The Labute approximate surface area is 193 Å². The van der Waals surface area contributed by atoms with Crippen molar-refractivity contribution in [3.8, 4) is 22.3 Å². The zero-order valence-electron chi connectivity index (χ0n) is 21.9. The molecule has 0 spiro atoms. The summed E-state index contributed by atoms with van der Waals surface area (Å²) >= 11 is 0. The minimum atomic E-state index is 1.09. The molecule has 0 saturated heterocycles. The van der Waals surface area contributed by atoms with Gasteiger partial charge in [0.05, 0.1) is 0 Å². The third-order valence-corrected chi connectivity index (χ3v) is 4.74. The standard InChI is InChI=1S/C20H14.C3H8.4C2H6/c1-3-7-16-14(6-1)12-19-18(16)10-9-15-11-13-5-2-4-8-17(13)20(15)19;1-3-2;4*1-2/h1-10H,11-12H2;3H2,1-2H3;4*1-2H3. The van der Waals surface area contributed by atoms with Crippen LogP contribution in [0.2, 0.25) is 0 Å². The lowest BCUT2D eigenvalue weighted by atomic mass is 9.95. The lowest BCUT2D eigenvalue weighted by Gasteiger charge is -2.08. The van der Waals surface area contributed by atoms with Crippen LogP contribution in [0.3, 0.4) is 0 Å². The topological polar surface area (TPSA) is 0 Å². The van der Waals surface area contributed by atoms with Crippen LogP contribution >= 0.6 is 0 Å². The van der Waals surface area contributed by atoms with Gasteiger partial charge in [0.2, 0.25) is 0 Å². The van der Waals surface area contributed by atoms with E-state index in [1.165, 1.54) is 50.9 Å². The minimum absolute atomic E-state index is 1.09. The Balaban J connectivity index is 0.000000717. The van der Waals surface area contributed by atoms with Crippen molar-refractivity contribution in [2.75, 3.05) is 0 Å². The molecule has 5 rings (SSSR count). The molecule has 170 valence electrons. The number of benzene rings is 3. The van der Waals surface area contributed by atoms with Crippen molar-refractivity contribution < 1.29 is 0 Å². The number of hydrogen-bond donors (Lipinski definition) is 0. The van der Waals surface area contributed by atoms with Crippen LogP contribution in [0.15, 0.2) is 60.7 Å². The maximum absolute atomic E-state index is 2.33. The highest BCUT2D eigenvalue weighted by atomic mass is 14.3. The van der Waals surface area contributed by atoms with Crippen molar-refractivity contribution >= 4 is 0 Å². The van der Waals surface area contributed by atoms with E-state index in [0.29, 0.717) is 0 Å². The Kier molecular flexibility index (Phi) is 15.1. The summed E-state index contributed by atoms with van der Waals surface area (Å²) in [5, 5.41) is 0. The van der Waals surface area contributed by atoms with Gasteiger partial charge in [-0.05, 0) is 57.3 Å². The molecule has 0 heterocycles. The highest BCUT2D eigenvalue weighted by Crippen LogP contribution is 2.47. The number of rotatable bonds is 0. The second kappa shape index (κ2) is 16.4. The Morgan fingerprint density at radius 2 is 0.935 bits per heavy atom. The van der Waals surface area contributed by atoms with E-state index in [1.807, 2.05) is 55.4 Å². The lowest BCUT2D eigenvalue weighted by molar-refractivity contribution is 1.09. The van der Waals surface area contributed by atoms with E-state index in [1.54, 1.807) is 0 Å². The number of hydrogen-bond acceptors (Lipinski definition) is 0. The minimum Gasteiger partial charge on any atom is -0.0683 e. The molecule has 0 nitrogen and oxygen atoms in total. The van der Waals surface area contributed by atoms with Crippen LogP contribution < -0.4 is 0 Å². The van der Waals surface area contributed by atoms with Crippen LogP contribution in [0.4, 0.5) is 0 Å². The monoisotopic (exact) mass is 418 g/mol. The summed E-state index contributed by atoms with van der Waals surface area (Å²) in [5.74, 6) is 0. The van der Waals surface area contributed by atoms with Gasteiger partial charge in [-0.2, -0.15) is 0 Å². The van der Waals surface area contributed by atoms with Gasteiger partial charge in [0.25, 0.3) is 0 Å². The van der Waals surface area contributed by atoms with Gasteiger partial charge < -0.3 is 0 Å². The summed E-state index contributed by atoms with van der Waals surface area (Å²) in [6.07, 6.45) is 3.43. The van der Waals surface area contributed by atoms with Crippen molar-refractivity contribution in [3.05, 3.63) is 82.9 Å². The van der Waals surface area contributed by atoms with Gasteiger partial charge >= 0.3 is 0 Å². The fourth-order valence-electron chi connectivity index (χ4n) is 3.87. The van der Waals surface area contributed by atoms with E-state index in [4.69, 9.17) is 0 Å². The fraction of sp³-hybridized carbons (Fsp3) is 0.419. The molecule has 2 aliphatic carbocycles. The summed E-state index contributed by atoms with van der Waals surface area (Å²) < 4.78 is 0. The molecule has 0 bridgehead atoms. The van der Waals surface area contributed by atoms with Crippen LogP contribution in [0.5, 0.6) is 0 Å². The van der Waals surface area contributed by atoms with E-state index < -0.39 is 0 Å². The zero-order valence-corrected chi connectivity index (χ0v) is 21.9. The average Bonchev–Trinajstić information content (AvgIpc) is 3.43. The molecule has 3 aromatic rings. The molecular formula is C31H46. The first-order chi connectivity index (χ1) is 15.3. The van der Waals surface area contributed by atoms with E-state index in [0.717, 1.165) is 12.8 Å². The Hall–Kier alpha value is -2.34. The molecule has 0 amide bonds. The van der Waals surface area contributed by atoms with Gasteiger partial charge in [0, 0.05) is 0 Å². The molecule has 0 saturated carbocycles. The second-order valence-electron chi connectivity index (χ2n) is 6.50. The van der Waals surface area contributed by atoms with Crippen molar-refractivity contribution in [2.45, 2.75) is 88.5 Å². The second-order valence-corrected chi connectivity index (χ2v) is 6.50. The Bertz CT molecular complexity index is 871. The van der Waals surface area contributed by atoms with Gasteiger partial charge in [0.15, 0.2) is 0 Å². The van der Waals surface area contributed by atoms with Gasteiger partial charge in [-0.15, -0.1) is 0 Å². The van der Waals surface area contributed by atoms with Crippen LogP contribution in [0, 0.1) is 0 Å². The molecular weight excluding hydrogens is 372 g/mol. The molecule has 2 aliphatic rings. The molecule has 0 aliphatic heterocycles. The first kappa shape index (κ1) is 28.7. The summed E-state index contributed by atoms with van der Waals surface area (Å²) in [7, 11) is 0. The highest BCUT2D eigenvalue weighted by Gasteiger charge is 2.27. The normalized spacial score (nSPS) is 10.1. The van der Waals surface area contributed by atoms with Crippen LogP contribution in [0.1, 0.15) is 97.9 Å². The molecule has 0 aromatic heterocycles. The predicted molar refractivity (Wildman–Crippen MR) is 144 cm³/mol. The van der Waals surface area contributed by atoms with Gasteiger partial charge in [-0.1, -0.05) is 136 Å². The quantitative estimate of drug-likeness (QED) is 0.234. The third kappa shape index (κ3) is 6.57. The highest BCUT2D eigenvalue weighted by molar-refractivity contribution is 5.89. The molecule has 31 heavy (non-hydrogen) atoms. The molecule has 0 radical (unpaired) electrons. The molecule has 0 heteroatoms. The van der Waals surface area contributed by atoms with Crippen molar-refractivity contribution in [3.63, 3.8) is 0 Å². The molecule has 0 fully saturated rings. The van der Waals surface area contributed by atoms with E-state index in [-0.39, 0.29) is 0 Å². The molecule has 0 unspecified atom stereocenters. The van der Waals surface area contributed by atoms with Gasteiger partial charge in [0.1, 0.15) is 0 Å².